The van der Waals surface area contributed by atoms with Crippen molar-refractivity contribution in [2.75, 3.05) is 6.54 Å². The molecule has 2 rings (SSSR count). The van der Waals surface area contributed by atoms with Gasteiger partial charge in [0.2, 0.25) is 0 Å². The van der Waals surface area contributed by atoms with Crippen LogP contribution in [0.2, 0.25) is 0 Å². The Hall–Kier alpha value is -0.120. The second kappa shape index (κ2) is 4.40. The summed E-state index contributed by atoms with van der Waals surface area (Å²) in [5.74, 6) is -0.179. The van der Waals surface area contributed by atoms with Crippen LogP contribution in [0.5, 0.6) is 0 Å². The van der Waals surface area contributed by atoms with Gasteiger partial charge in [-0.3, -0.25) is 0 Å². The second-order valence-electron chi connectivity index (χ2n) is 2.94. The molecule has 1 saturated heterocycles. The summed E-state index contributed by atoms with van der Waals surface area (Å²) < 4.78 is 13.6. The molecule has 1 aliphatic heterocycles. The van der Waals surface area contributed by atoms with Crippen molar-refractivity contribution in [2.45, 2.75) is 12.5 Å². The van der Waals surface area contributed by atoms with Gasteiger partial charge in [-0.2, -0.15) is 0 Å². The zero-order chi connectivity index (χ0) is 8.55. The van der Waals surface area contributed by atoms with Crippen LogP contribution in [0.4, 0.5) is 4.39 Å². The first-order chi connectivity index (χ1) is 5.79. The predicted molar refractivity (Wildman–Crippen MR) is 56.7 cm³/mol. The van der Waals surface area contributed by atoms with Crippen molar-refractivity contribution >= 4 is 28.3 Å². The van der Waals surface area contributed by atoms with Gasteiger partial charge in [0.15, 0.2) is 0 Å². The first-order valence-corrected chi connectivity index (χ1v) is 4.75. The van der Waals surface area contributed by atoms with E-state index in [2.05, 4.69) is 21.2 Å². The molecular weight excluding hydrogens is 256 g/mol. The molecule has 0 unspecified atom stereocenters. The summed E-state index contributed by atoms with van der Waals surface area (Å²) in [5, 5.41) is 3.23. The smallest absolute Gasteiger partial charge is 0.137 e. The molecule has 1 atom stereocenters. The summed E-state index contributed by atoms with van der Waals surface area (Å²) in [7, 11) is 0. The summed E-state index contributed by atoms with van der Waals surface area (Å²) in [6, 6.07) is 5.50. The Morgan fingerprint density at radius 1 is 1.46 bits per heavy atom. The molecule has 0 spiro atoms. The first-order valence-electron chi connectivity index (χ1n) is 3.96. The highest BCUT2D eigenvalue weighted by Crippen LogP contribution is 2.30. The molecule has 1 aromatic carbocycles. The van der Waals surface area contributed by atoms with E-state index in [9.17, 15) is 4.39 Å². The molecule has 0 saturated carbocycles. The number of hydrogen-bond donors (Lipinski definition) is 1. The largest absolute Gasteiger partial charge is 0.310 e. The van der Waals surface area contributed by atoms with Gasteiger partial charge in [0.1, 0.15) is 5.82 Å². The molecule has 0 amide bonds. The third-order valence-electron chi connectivity index (χ3n) is 2.18. The van der Waals surface area contributed by atoms with Crippen molar-refractivity contribution < 1.29 is 4.39 Å². The Bertz CT molecular complexity index is 302. The van der Waals surface area contributed by atoms with Gasteiger partial charge >= 0.3 is 0 Å². The summed E-state index contributed by atoms with van der Waals surface area (Å²) in [4.78, 5) is 0. The minimum absolute atomic E-state index is 0. The Balaban J connectivity index is 0.000000845. The molecule has 1 aliphatic rings. The van der Waals surface area contributed by atoms with Crippen LogP contribution in [0.3, 0.4) is 0 Å². The molecule has 1 heterocycles. The topological polar surface area (TPSA) is 12.0 Å². The molecule has 1 nitrogen and oxygen atoms in total. The summed E-state index contributed by atoms with van der Waals surface area (Å²) in [5.41, 5.74) is 1.03. The minimum atomic E-state index is -0.179. The number of benzene rings is 1. The van der Waals surface area contributed by atoms with Crippen LogP contribution in [0.1, 0.15) is 18.0 Å². The van der Waals surface area contributed by atoms with Gasteiger partial charge < -0.3 is 5.32 Å². The normalized spacial score (nSPS) is 20.3. The molecule has 0 aromatic heterocycles. The van der Waals surface area contributed by atoms with Crippen LogP contribution in [0.25, 0.3) is 0 Å². The van der Waals surface area contributed by atoms with Gasteiger partial charge in [0, 0.05) is 6.04 Å². The molecule has 1 fully saturated rings. The highest BCUT2D eigenvalue weighted by Gasteiger charge is 2.21. The third-order valence-corrected chi connectivity index (χ3v) is 3.02. The lowest BCUT2D eigenvalue weighted by atomic mass is 9.98. The van der Waals surface area contributed by atoms with Crippen molar-refractivity contribution in [2.24, 2.45) is 0 Å². The monoisotopic (exact) mass is 265 g/mol. The van der Waals surface area contributed by atoms with Crippen molar-refractivity contribution in [3.8, 4) is 0 Å². The van der Waals surface area contributed by atoms with Crippen LogP contribution in [-0.2, 0) is 0 Å². The van der Waals surface area contributed by atoms with E-state index in [0.29, 0.717) is 10.5 Å². The molecule has 0 radical (unpaired) electrons. The quantitative estimate of drug-likeness (QED) is 0.824. The molecule has 4 heteroatoms. The van der Waals surface area contributed by atoms with Gasteiger partial charge in [-0.15, -0.1) is 12.4 Å². The maximum atomic E-state index is 13.0. The molecular formula is C9H10BrClFN. The summed E-state index contributed by atoms with van der Waals surface area (Å²) >= 11 is 3.24. The third kappa shape index (κ3) is 2.03. The lowest BCUT2D eigenvalue weighted by Crippen LogP contribution is -2.35. The van der Waals surface area contributed by atoms with E-state index in [1.54, 1.807) is 6.07 Å². The van der Waals surface area contributed by atoms with E-state index < -0.39 is 0 Å². The van der Waals surface area contributed by atoms with Gasteiger partial charge in [0.05, 0.1) is 4.47 Å². The van der Waals surface area contributed by atoms with E-state index in [4.69, 9.17) is 0 Å². The molecule has 13 heavy (non-hydrogen) atoms. The van der Waals surface area contributed by atoms with Gasteiger partial charge in [-0.05, 0) is 40.5 Å². The highest BCUT2D eigenvalue weighted by atomic mass is 79.9. The average molecular weight is 267 g/mol. The Morgan fingerprint density at radius 3 is 2.69 bits per heavy atom. The molecule has 72 valence electrons. The SMILES string of the molecule is Cl.Fc1cccc([C@H]2CCN2)c1Br. The van der Waals surface area contributed by atoms with E-state index in [0.717, 1.165) is 18.5 Å². The van der Waals surface area contributed by atoms with Crippen LogP contribution in [0.15, 0.2) is 22.7 Å². The van der Waals surface area contributed by atoms with Gasteiger partial charge in [0.25, 0.3) is 0 Å². The Kier molecular flexibility index (Phi) is 3.71. The molecule has 1 N–H and O–H groups in total. The van der Waals surface area contributed by atoms with E-state index >= 15 is 0 Å². The fraction of sp³-hybridized carbons (Fsp3) is 0.333. The van der Waals surface area contributed by atoms with Crippen molar-refractivity contribution in [3.05, 3.63) is 34.1 Å². The zero-order valence-electron chi connectivity index (χ0n) is 6.89. The average Bonchev–Trinajstić information content (AvgIpc) is 1.95. The van der Waals surface area contributed by atoms with Crippen LogP contribution < -0.4 is 5.32 Å². The Labute approximate surface area is 91.3 Å². The lowest BCUT2D eigenvalue weighted by Gasteiger charge is -2.28. The van der Waals surface area contributed by atoms with Gasteiger partial charge in [-0.25, -0.2) is 4.39 Å². The summed E-state index contributed by atoms with van der Waals surface area (Å²) in [6.07, 6.45) is 1.10. The number of hydrogen-bond acceptors (Lipinski definition) is 1. The second-order valence-corrected chi connectivity index (χ2v) is 3.73. The summed E-state index contributed by atoms with van der Waals surface area (Å²) in [6.45, 7) is 1.04. The van der Waals surface area contributed by atoms with Crippen LogP contribution >= 0.6 is 28.3 Å². The predicted octanol–water partition coefficient (Wildman–Crippen LogP) is 3.04. The first kappa shape index (κ1) is 11.0. The van der Waals surface area contributed by atoms with Gasteiger partial charge in [-0.1, -0.05) is 12.1 Å². The Morgan fingerprint density at radius 2 is 2.15 bits per heavy atom. The van der Waals surface area contributed by atoms with Crippen molar-refractivity contribution in [1.29, 1.82) is 0 Å². The molecule has 0 bridgehead atoms. The lowest BCUT2D eigenvalue weighted by molar-refractivity contribution is 0.380. The molecule has 0 aliphatic carbocycles. The fourth-order valence-electron chi connectivity index (χ4n) is 1.34. The van der Waals surface area contributed by atoms with Crippen LogP contribution in [0, 0.1) is 5.82 Å². The van der Waals surface area contributed by atoms with E-state index in [-0.39, 0.29) is 18.2 Å². The number of rotatable bonds is 1. The number of halogens is 3. The zero-order valence-corrected chi connectivity index (χ0v) is 9.29. The minimum Gasteiger partial charge on any atom is -0.310 e. The van der Waals surface area contributed by atoms with Crippen molar-refractivity contribution in [3.63, 3.8) is 0 Å². The number of nitrogens with one attached hydrogen (secondary N) is 1. The maximum Gasteiger partial charge on any atom is 0.137 e. The van der Waals surface area contributed by atoms with Crippen molar-refractivity contribution in [1.82, 2.24) is 5.32 Å². The molecule has 1 aromatic rings. The highest BCUT2D eigenvalue weighted by molar-refractivity contribution is 9.10. The van der Waals surface area contributed by atoms with E-state index in [1.807, 2.05) is 6.07 Å². The fourth-order valence-corrected chi connectivity index (χ4v) is 1.88. The van der Waals surface area contributed by atoms with Crippen LogP contribution in [-0.4, -0.2) is 6.54 Å². The maximum absolute atomic E-state index is 13.0. The van der Waals surface area contributed by atoms with E-state index in [1.165, 1.54) is 6.07 Å². The standard InChI is InChI=1S/C9H9BrFN.ClH/c10-9-6(8-4-5-12-8)2-1-3-7(9)11;/h1-3,8,12H,4-5H2;1H/t8-;/m1./s1.